The quantitative estimate of drug-likeness (QED) is 0.527. The van der Waals surface area contributed by atoms with Gasteiger partial charge in [0, 0.05) is 25.2 Å². The number of halogens is 1. The Morgan fingerprint density at radius 1 is 1.60 bits per heavy atom. The van der Waals surface area contributed by atoms with E-state index in [0.717, 1.165) is 0 Å². The van der Waals surface area contributed by atoms with E-state index in [9.17, 15) is 4.79 Å². The van der Waals surface area contributed by atoms with Crippen molar-refractivity contribution in [2.24, 2.45) is 0 Å². The van der Waals surface area contributed by atoms with E-state index in [1.54, 1.807) is 18.2 Å². The van der Waals surface area contributed by atoms with E-state index < -0.39 is 0 Å². The standard InChI is InChI=1S/C8H6ClO/c1-6(10)7-2-4-8(9)5-3-7/h2,4-5H,1H3/q+1. The summed E-state index contributed by atoms with van der Waals surface area (Å²) in [6, 6.07) is 0. The molecular formula is C8H6ClO+. The molecule has 0 saturated carbocycles. The largest absolute Gasteiger partial charge is 0.248 e. The first-order valence-corrected chi connectivity index (χ1v) is 3.26. The highest BCUT2D eigenvalue weighted by molar-refractivity contribution is 6.31. The van der Waals surface area contributed by atoms with Gasteiger partial charge in [-0.1, -0.05) is 0 Å². The van der Waals surface area contributed by atoms with E-state index in [0.29, 0.717) is 10.6 Å². The van der Waals surface area contributed by atoms with E-state index in [1.165, 1.54) is 6.92 Å². The highest BCUT2D eigenvalue weighted by Gasteiger charge is 2.11. The van der Waals surface area contributed by atoms with Crippen molar-refractivity contribution < 1.29 is 4.79 Å². The van der Waals surface area contributed by atoms with E-state index in [-0.39, 0.29) is 5.78 Å². The summed E-state index contributed by atoms with van der Waals surface area (Å²) in [6.45, 7) is 1.50. The third kappa shape index (κ3) is 1.53. The maximum absolute atomic E-state index is 10.7. The van der Waals surface area contributed by atoms with Crippen molar-refractivity contribution in [1.29, 1.82) is 0 Å². The third-order valence-corrected chi connectivity index (χ3v) is 1.39. The van der Waals surface area contributed by atoms with Crippen LogP contribution >= 0.6 is 11.6 Å². The predicted molar refractivity (Wildman–Crippen MR) is 40.5 cm³/mol. The van der Waals surface area contributed by atoms with Gasteiger partial charge in [0.05, 0.1) is 6.08 Å². The summed E-state index contributed by atoms with van der Waals surface area (Å²) in [5.41, 5.74) is 0.574. The predicted octanol–water partition coefficient (Wildman–Crippen LogP) is 2.00. The summed E-state index contributed by atoms with van der Waals surface area (Å²) in [6.07, 6.45) is 7.67. The lowest BCUT2D eigenvalue weighted by atomic mass is 10.1. The van der Waals surface area contributed by atoms with Crippen LogP contribution in [0.5, 0.6) is 0 Å². The van der Waals surface area contributed by atoms with Crippen molar-refractivity contribution in [2.75, 3.05) is 0 Å². The van der Waals surface area contributed by atoms with Crippen LogP contribution in [0.2, 0.25) is 0 Å². The number of carbonyl (C=O) groups excluding carboxylic acids is 1. The molecule has 50 valence electrons. The highest BCUT2D eigenvalue weighted by atomic mass is 35.5. The third-order valence-electron chi connectivity index (χ3n) is 1.15. The Bertz CT molecular complexity index is 246. The summed E-state index contributed by atoms with van der Waals surface area (Å²) in [7, 11) is 0. The van der Waals surface area contributed by atoms with Crippen LogP contribution in [-0.4, -0.2) is 5.78 Å². The minimum Gasteiger partial charge on any atom is -0.235 e. The molecule has 1 nitrogen and oxygen atoms in total. The Balaban J connectivity index is 2.88. The van der Waals surface area contributed by atoms with Gasteiger partial charge in [0.25, 0.3) is 0 Å². The summed E-state index contributed by atoms with van der Waals surface area (Å²) in [4.78, 5) is 10.7. The zero-order valence-corrected chi connectivity index (χ0v) is 6.27. The van der Waals surface area contributed by atoms with Crippen molar-refractivity contribution in [3.8, 4) is 0 Å². The topological polar surface area (TPSA) is 17.1 Å². The molecule has 2 heteroatoms. The summed E-state index contributed by atoms with van der Waals surface area (Å²) in [5.74, 6) is 0.0108. The Morgan fingerprint density at radius 3 is 2.70 bits per heavy atom. The first kappa shape index (κ1) is 7.20. The number of Topliss-reactive ketones (excluding diaryl/α,β-unsaturated/α-hetero) is 1. The van der Waals surface area contributed by atoms with Crippen molar-refractivity contribution in [2.45, 2.75) is 6.92 Å². The number of ketones is 1. The van der Waals surface area contributed by atoms with Crippen molar-refractivity contribution in [1.82, 2.24) is 0 Å². The lowest BCUT2D eigenvalue weighted by molar-refractivity contribution is -0.113. The van der Waals surface area contributed by atoms with Gasteiger partial charge in [-0.25, -0.2) is 4.79 Å². The van der Waals surface area contributed by atoms with Crippen LogP contribution in [-0.2, 0) is 4.79 Å². The smallest absolute Gasteiger partial charge is 0.235 e. The second-order valence-corrected chi connectivity index (χ2v) is 2.41. The van der Waals surface area contributed by atoms with Gasteiger partial charge in [-0.05, 0) is 11.6 Å². The molecule has 0 aliphatic heterocycles. The van der Waals surface area contributed by atoms with Crippen LogP contribution in [0.1, 0.15) is 6.92 Å². The molecule has 0 aromatic rings. The second kappa shape index (κ2) is 2.78. The zero-order valence-electron chi connectivity index (χ0n) is 5.52. The first-order valence-electron chi connectivity index (χ1n) is 2.88. The van der Waals surface area contributed by atoms with Gasteiger partial charge in [0.2, 0.25) is 5.78 Å². The minimum absolute atomic E-state index is 0.0108. The monoisotopic (exact) mass is 153 g/mol. The molecule has 0 radical (unpaired) electrons. The molecule has 10 heavy (non-hydrogen) atoms. The summed E-state index contributed by atoms with van der Waals surface area (Å²) < 4.78 is 0. The Hall–Kier alpha value is -0.910. The van der Waals surface area contributed by atoms with Crippen molar-refractivity contribution >= 4 is 17.4 Å². The number of allylic oxidation sites excluding steroid dienone is 6. The molecule has 0 amide bonds. The second-order valence-electron chi connectivity index (χ2n) is 1.98. The molecule has 0 saturated heterocycles. The first-order chi connectivity index (χ1) is 4.70. The van der Waals surface area contributed by atoms with Gasteiger partial charge in [-0.3, -0.25) is 0 Å². The molecule has 0 bridgehead atoms. The van der Waals surface area contributed by atoms with Gasteiger partial charge >= 0.3 is 0 Å². The van der Waals surface area contributed by atoms with Crippen molar-refractivity contribution in [3.63, 3.8) is 0 Å². The average molecular weight is 154 g/mol. The Morgan fingerprint density at radius 2 is 2.30 bits per heavy atom. The maximum atomic E-state index is 10.7. The van der Waals surface area contributed by atoms with Crippen LogP contribution in [0.25, 0.3) is 0 Å². The maximum Gasteiger partial charge on any atom is 0.248 e. The molecule has 0 atom stereocenters. The van der Waals surface area contributed by atoms with Gasteiger partial charge < -0.3 is 0 Å². The molecule has 0 unspecified atom stereocenters. The number of carbonyl (C=O) groups is 1. The van der Waals surface area contributed by atoms with Gasteiger partial charge in [0.15, 0.2) is 5.57 Å². The van der Waals surface area contributed by atoms with Gasteiger partial charge in [-0.15, -0.1) is 0 Å². The summed E-state index contributed by atoms with van der Waals surface area (Å²) >= 11 is 5.57. The van der Waals surface area contributed by atoms with Gasteiger partial charge in [-0.2, -0.15) is 0 Å². The Kier molecular flexibility index (Phi) is 2.00. The number of rotatable bonds is 1. The van der Waals surface area contributed by atoms with Crippen LogP contribution in [0.4, 0.5) is 0 Å². The van der Waals surface area contributed by atoms with Crippen LogP contribution in [0, 0.1) is 6.08 Å². The molecule has 0 aromatic heterocycles. The number of hydrogen-bond acceptors (Lipinski definition) is 1. The molecule has 0 aromatic carbocycles. The van der Waals surface area contributed by atoms with Gasteiger partial charge in [0.1, 0.15) is 5.03 Å². The lowest BCUT2D eigenvalue weighted by Crippen LogP contribution is -1.94. The fourth-order valence-electron chi connectivity index (χ4n) is 0.625. The van der Waals surface area contributed by atoms with Crippen LogP contribution < -0.4 is 0 Å². The van der Waals surface area contributed by atoms with Crippen LogP contribution in [0.15, 0.2) is 28.8 Å². The molecule has 1 rings (SSSR count). The fourth-order valence-corrected chi connectivity index (χ4v) is 0.742. The zero-order chi connectivity index (χ0) is 7.56. The van der Waals surface area contributed by atoms with E-state index in [1.807, 2.05) is 0 Å². The average Bonchev–Trinajstić information content (AvgIpc) is 1.88. The highest BCUT2D eigenvalue weighted by Crippen LogP contribution is 2.12. The molecular weight excluding hydrogens is 148 g/mol. The van der Waals surface area contributed by atoms with Crippen LogP contribution in [0.3, 0.4) is 0 Å². The molecule has 1 aliphatic carbocycles. The molecule has 0 spiro atoms. The Labute approximate surface area is 64.7 Å². The number of hydrogen-bond donors (Lipinski definition) is 0. The van der Waals surface area contributed by atoms with E-state index in [4.69, 9.17) is 11.6 Å². The fraction of sp³-hybridized carbons (Fsp3) is 0.125. The molecule has 0 heterocycles. The SMILES string of the molecule is CC(=O)C1=[C+]C=C(Cl)C=C1. The molecule has 0 N–H and O–H groups in total. The molecule has 1 aliphatic rings. The normalized spacial score (nSPS) is 15.4. The van der Waals surface area contributed by atoms with E-state index in [2.05, 4.69) is 6.08 Å². The van der Waals surface area contributed by atoms with Crippen molar-refractivity contribution in [3.05, 3.63) is 34.9 Å². The summed E-state index contributed by atoms with van der Waals surface area (Å²) in [5, 5.41) is 0.602. The van der Waals surface area contributed by atoms with E-state index >= 15 is 0 Å². The molecule has 0 fully saturated rings. The lowest BCUT2D eigenvalue weighted by Gasteiger charge is -1.87. The minimum atomic E-state index is 0.0108.